The van der Waals surface area contributed by atoms with Crippen molar-refractivity contribution < 1.29 is 0 Å². The number of thiophene rings is 1. The standard InChI is InChI=1S/C29H17NS/c1-2-7-19-13-23-16-28-25(14-22(23)12-18(19)6-1)29-24(10-5-11-27(29)31-28)26-15-20-8-3-4-9-21(20)17-30-26/h1-17H. The van der Waals surface area contributed by atoms with Crippen LogP contribution >= 0.6 is 11.3 Å². The topological polar surface area (TPSA) is 12.9 Å². The van der Waals surface area contributed by atoms with Crippen LogP contribution in [0.2, 0.25) is 0 Å². The fraction of sp³-hybridized carbons (Fsp3) is 0. The van der Waals surface area contributed by atoms with Crippen LogP contribution < -0.4 is 0 Å². The van der Waals surface area contributed by atoms with Crippen molar-refractivity contribution in [3.8, 4) is 11.3 Å². The fourth-order valence-corrected chi connectivity index (χ4v) is 5.87. The Balaban J connectivity index is 1.56. The second-order valence-electron chi connectivity index (χ2n) is 8.09. The summed E-state index contributed by atoms with van der Waals surface area (Å²) in [4.78, 5) is 4.82. The molecule has 0 bridgehead atoms. The van der Waals surface area contributed by atoms with Crippen LogP contribution in [0, 0.1) is 0 Å². The van der Waals surface area contributed by atoms with Crippen molar-refractivity contribution in [1.29, 1.82) is 0 Å². The Hall–Kier alpha value is -3.75. The minimum absolute atomic E-state index is 1.03. The van der Waals surface area contributed by atoms with Gasteiger partial charge in [0, 0.05) is 37.3 Å². The summed E-state index contributed by atoms with van der Waals surface area (Å²) in [5, 5.41) is 10.2. The lowest BCUT2D eigenvalue weighted by Crippen LogP contribution is -1.85. The molecule has 0 aliphatic heterocycles. The predicted molar refractivity (Wildman–Crippen MR) is 135 cm³/mol. The van der Waals surface area contributed by atoms with E-state index in [4.69, 9.17) is 4.98 Å². The van der Waals surface area contributed by atoms with E-state index in [9.17, 15) is 0 Å². The summed E-state index contributed by atoms with van der Waals surface area (Å²) in [6, 6.07) is 35.1. The minimum atomic E-state index is 1.03. The van der Waals surface area contributed by atoms with E-state index in [1.165, 1.54) is 58.1 Å². The highest BCUT2D eigenvalue weighted by atomic mass is 32.1. The molecule has 0 saturated carbocycles. The van der Waals surface area contributed by atoms with Gasteiger partial charge >= 0.3 is 0 Å². The summed E-state index contributed by atoms with van der Waals surface area (Å²) in [6.45, 7) is 0. The molecule has 31 heavy (non-hydrogen) atoms. The molecule has 7 aromatic rings. The number of fused-ring (bicyclic) bond motifs is 6. The van der Waals surface area contributed by atoms with Crippen molar-refractivity contribution >= 4 is 63.8 Å². The first-order valence-electron chi connectivity index (χ1n) is 10.5. The number of rotatable bonds is 1. The molecule has 2 heterocycles. The first-order chi connectivity index (χ1) is 15.3. The molecule has 0 amide bonds. The largest absolute Gasteiger partial charge is 0.256 e. The highest BCUT2D eigenvalue weighted by molar-refractivity contribution is 7.26. The first kappa shape index (κ1) is 17.0. The molecule has 7 rings (SSSR count). The Morgan fingerprint density at radius 3 is 1.97 bits per heavy atom. The summed E-state index contributed by atoms with van der Waals surface area (Å²) < 4.78 is 2.63. The lowest BCUT2D eigenvalue weighted by Gasteiger charge is -2.07. The Labute approximate surface area is 183 Å². The zero-order valence-electron chi connectivity index (χ0n) is 16.7. The van der Waals surface area contributed by atoms with E-state index < -0.39 is 0 Å². The van der Waals surface area contributed by atoms with Gasteiger partial charge in [-0.25, -0.2) is 0 Å². The molecule has 0 radical (unpaired) electrons. The van der Waals surface area contributed by atoms with E-state index in [1.807, 2.05) is 17.5 Å². The van der Waals surface area contributed by atoms with Crippen LogP contribution in [0.3, 0.4) is 0 Å². The second kappa shape index (κ2) is 6.37. The van der Waals surface area contributed by atoms with Gasteiger partial charge in [-0.3, -0.25) is 4.98 Å². The molecule has 0 unspecified atom stereocenters. The Morgan fingerprint density at radius 2 is 1.19 bits per heavy atom. The summed E-state index contributed by atoms with van der Waals surface area (Å²) >= 11 is 1.87. The van der Waals surface area contributed by atoms with Gasteiger partial charge in [0.25, 0.3) is 0 Å². The van der Waals surface area contributed by atoms with Crippen LogP contribution in [0.25, 0.3) is 63.7 Å². The molecule has 0 atom stereocenters. The van der Waals surface area contributed by atoms with Crippen molar-refractivity contribution in [2.24, 2.45) is 0 Å². The average Bonchev–Trinajstić information content (AvgIpc) is 3.18. The number of nitrogens with zero attached hydrogens (tertiary/aromatic N) is 1. The van der Waals surface area contributed by atoms with Gasteiger partial charge in [-0.05, 0) is 63.3 Å². The van der Waals surface area contributed by atoms with Crippen molar-refractivity contribution in [2.45, 2.75) is 0 Å². The number of hydrogen-bond donors (Lipinski definition) is 0. The average molecular weight is 412 g/mol. The van der Waals surface area contributed by atoms with Gasteiger partial charge in [-0.15, -0.1) is 11.3 Å². The maximum Gasteiger partial charge on any atom is 0.0715 e. The maximum absolute atomic E-state index is 4.82. The number of pyridine rings is 1. The molecule has 0 aliphatic rings. The van der Waals surface area contributed by atoms with Gasteiger partial charge in [0.15, 0.2) is 0 Å². The molecule has 0 saturated heterocycles. The molecular weight excluding hydrogens is 394 g/mol. The lowest BCUT2D eigenvalue weighted by molar-refractivity contribution is 1.37. The van der Waals surface area contributed by atoms with Crippen LogP contribution in [0.15, 0.2) is 103 Å². The molecule has 5 aromatic carbocycles. The van der Waals surface area contributed by atoms with Gasteiger partial charge in [-0.1, -0.05) is 60.7 Å². The monoisotopic (exact) mass is 411 g/mol. The molecule has 0 fully saturated rings. The third kappa shape index (κ3) is 2.59. The highest BCUT2D eigenvalue weighted by Gasteiger charge is 2.13. The third-order valence-corrected chi connectivity index (χ3v) is 7.34. The molecular formula is C29H17NS. The SMILES string of the molecule is c1ccc2cc(-c3cccc4sc5cc6cc7ccccc7cc6cc5c34)ncc2c1. The van der Waals surface area contributed by atoms with Gasteiger partial charge < -0.3 is 0 Å². The molecule has 144 valence electrons. The van der Waals surface area contributed by atoms with Crippen LogP contribution in [0.1, 0.15) is 0 Å². The van der Waals surface area contributed by atoms with Crippen LogP contribution in [0.4, 0.5) is 0 Å². The van der Waals surface area contributed by atoms with Crippen LogP contribution in [-0.4, -0.2) is 4.98 Å². The maximum atomic E-state index is 4.82. The first-order valence-corrected chi connectivity index (χ1v) is 11.3. The second-order valence-corrected chi connectivity index (χ2v) is 9.18. The van der Waals surface area contributed by atoms with Crippen LogP contribution in [0.5, 0.6) is 0 Å². The summed E-state index contributed by atoms with van der Waals surface area (Å²) in [5.74, 6) is 0. The normalized spacial score (nSPS) is 11.9. The van der Waals surface area contributed by atoms with Crippen molar-refractivity contribution in [1.82, 2.24) is 4.98 Å². The predicted octanol–water partition coefficient (Wildman–Crippen LogP) is 8.58. The van der Waals surface area contributed by atoms with E-state index >= 15 is 0 Å². The molecule has 0 N–H and O–H groups in total. The molecule has 1 nitrogen and oxygen atoms in total. The molecule has 2 aromatic heterocycles. The minimum Gasteiger partial charge on any atom is -0.256 e. The highest BCUT2D eigenvalue weighted by Crippen LogP contribution is 2.42. The van der Waals surface area contributed by atoms with E-state index in [1.54, 1.807) is 0 Å². The van der Waals surface area contributed by atoms with E-state index in [0.717, 1.165) is 5.69 Å². The number of hydrogen-bond acceptors (Lipinski definition) is 2. The molecule has 0 aliphatic carbocycles. The van der Waals surface area contributed by atoms with Gasteiger partial charge in [0.2, 0.25) is 0 Å². The Morgan fingerprint density at radius 1 is 0.516 bits per heavy atom. The number of aromatic nitrogens is 1. The third-order valence-electron chi connectivity index (χ3n) is 6.23. The van der Waals surface area contributed by atoms with Crippen molar-refractivity contribution in [3.63, 3.8) is 0 Å². The van der Waals surface area contributed by atoms with Crippen molar-refractivity contribution in [2.75, 3.05) is 0 Å². The zero-order valence-corrected chi connectivity index (χ0v) is 17.5. The molecule has 0 spiro atoms. The molecule has 2 heteroatoms. The smallest absolute Gasteiger partial charge is 0.0715 e. The Bertz CT molecular complexity index is 1790. The van der Waals surface area contributed by atoms with Crippen LogP contribution in [-0.2, 0) is 0 Å². The van der Waals surface area contributed by atoms with Gasteiger partial charge in [-0.2, -0.15) is 0 Å². The van der Waals surface area contributed by atoms with E-state index in [0.29, 0.717) is 0 Å². The lowest BCUT2D eigenvalue weighted by atomic mass is 9.98. The van der Waals surface area contributed by atoms with Gasteiger partial charge in [0.1, 0.15) is 0 Å². The fourth-order valence-electron chi connectivity index (χ4n) is 4.71. The van der Waals surface area contributed by atoms with E-state index in [-0.39, 0.29) is 0 Å². The number of benzene rings is 5. The Kier molecular flexibility index (Phi) is 3.49. The summed E-state index contributed by atoms with van der Waals surface area (Å²) in [7, 11) is 0. The zero-order chi connectivity index (χ0) is 20.4. The van der Waals surface area contributed by atoms with E-state index in [2.05, 4.69) is 97.1 Å². The van der Waals surface area contributed by atoms with Crippen molar-refractivity contribution in [3.05, 3.63) is 103 Å². The van der Waals surface area contributed by atoms with Gasteiger partial charge in [0.05, 0.1) is 5.69 Å². The quantitative estimate of drug-likeness (QED) is 0.247. The summed E-state index contributed by atoms with van der Waals surface area (Å²) in [6.07, 6.45) is 1.99. The summed E-state index contributed by atoms with van der Waals surface area (Å²) in [5.41, 5.74) is 2.23.